The molecule has 0 fully saturated rings. The largest absolute Gasteiger partial charge is 0.497 e. The van der Waals surface area contributed by atoms with Gasteiger partial charge in [0.15, 0.2) is 0 Å². The number of carbonyl (C=O) groups is 1. The molecule has 0 radical (unpaired) electrons. The van der Waals surface area contributed by atoms with Gasteiger partial charge in [-0.05, 0) is 67.8 Å². The number of carbonyl (C=O) groups excluding carboxylic acids is 1. The Morgan fingerprint density at radius 1 is 0.971 bits per heavy atom. The van der Waals surface area contributed by atoms with Crippen LogP contribution in [0.4, 0.5) is 5.69 Å². The first-order valence-corrected chi connectivity index (χ1v) is 13.1. The normalized spacial score (nSPS) is 12.1. The average Bonchev–Trinajstić information content (AvgIpc) is 2.82. The molecule has 3 aromatic carbocycles. The number of methoxy groups -OCH3 is 2. The van der Waals surface area contributed by atoms with E-state index in [9.17, 15) is 13.2 Å². The van der Waals surface area contributed by atoms with Crippen LogP contribution in [0.5, 0.6) is 11.5 Å². The number of nitrogens with one attached hydrogen (secondary N) is 1. The van der Waals surface area contributed by atoms with Crippen molar-refractivity contribution in [3.8, 4) is 11.5 Å². The molecule has 1 atom stereocenters. The second-order valence-electron chi connectivity index (χ2n) is 8.51. The summed E-state index contributed by atoms with van der Waals surface area (Å²) in [6, 6.07) is 17.8. The summed E-state index contributed by atoms with van der Waals surface area (Å²) in [6.07, 6.45) is 1.20. The van der Waals surface area contributed by atoms with Gasteiger partial charge in [0.05, 0.1) is 38.7 Å². The predicted molar refractivity (Wildman–Crippen MR) is 139 cm³/mol. The highest BCUT2D eigenvalue weighted by Gasteiger charge is 2.22. The molecule has 0 bridgehead atoms. The van der Waals surface area contributed by atoms with Crippen molar-refractivity contribution < 1.29 is 22.7 Å². The Morgan fingerprint density at radius 3 is 2.14 bits per heavy atom. The fraction of sp³-hybridized carbons (Fsp3) is 0.296. The maximum atomic E-state index is 12.9. The van der Waals surface area contributed by atoms with Crippen LogP contribution in [0.15, 0.2) is 60.7 Å². The van der Waals surface area contributed by atoms with Crippen LogP contribution in [-0.2, 0) is 16.6 Å². The Bertz CT molecular complexity index is 1280. The Hall–Kier alpha value is -3.52. The Labute approximate surface area is 207 Å². The molecule has 0 aliphatic rings. The first-order valence-electron chi connectivity index (χ1n) is 11.2. The van der Waals surface area contributed by atoms with Gasteiger partial charge in [-0.3, -0.25) is 9.10 Å². The molecule has 3 aromatic rings. The molecule has 0 aliphatic heterocycles. The topological polar surface area (TPSA) is 84.9 Å². The van der Waals surface area contributed by atoms with Crippen molar-refractivity contribution in [2.75, 3.05) is 24.8 Å². The number of amides is 1. The van der Waals surface area contributed by atoms with Gasteiger partial charge in [-0.25, -0.2) is 8.42 Å². The number of hydrogen-bond donors (Lipinski definition) is 1. The lowest BCUT2D eigenvalue weighted by Gasteiger charge is -2.26. The zero-order valence-electron chi connectivity index (χ0n) is 21.0. The monoisotopic (exact) mass is 496 g/mol. The highest BCUT2D eigenvalue weighted by Crippen LogP contribution is 2.30. The van der Waals surface area contributed by atoms with Crippen LogP contribution >= 0.6 is 0 Å². The summed E-state index contributed by atoms with van der Waals surface area (Å²) < 4.78 is 37.4. The second kappa shape index (κ2) is 10.8. The molecule has 0 heterocycles. The number of aryl methyl sites for hydroxylation is 2. The zero-order chi connectivity index (χ0) is 25.8. The van der Waals surface area contributed by atoms with Gasteiger partial charge < -0.3 is 14.8 Å². The van der Waals surface area contributed by atoms with E-state index >= 15 is 0 Å². The van der Waals surface area contributed by atoms with Gasteiger partial charge in [0.2, 0.25) is 10.0 Å². The second-order valence-corrected chi connectivity index (χ2v) is 10.4. The summed E-state index contributed by atoms with van der Waals surface area (Å²) in [4.78, 5) is 12.9. The van der Waals surface area contributed by atoms with E-state index in [0.29, 0.717) is 22.7 Å². The van der Waals surface area contributed by atoms with Crippen molar-refractivity contribution >= 4 is 21.6 Å². The Kier molecular flexibility index (Phi) is 8.07. The lowest BCUT2D eigenvalue weighted by atomic mass is 10.1. The number of rotatable bonds is 9. The quantitative estimate of drug-likeness (QED) is 0.461. The van der Waals surface area contributed by atoms with Crippen molar-refractivity contribution in [2.24, 2.45) is 0 Å². The van der Waals surface area contributed by atoms with E-state index in [-0.39, 0.29) is 18.5 Å². The number of anilines is 1. The summed E-state index contributed by atoms with van der Waals surface area (Å²) >= 11 is 0. The number of ether oxygens (including phenoxy) is 2. The molecular formula is C27H32N2O5S. The van der Waals surface area contributed by atoms with E-state index < -0.39 is 10.0 Å². The van der Waals surface area contributed by atoms with Gasteiger partial charge in [0.1, 0.15) is 11.5 Å². The minimum atomic E-state index is -3.51. The van der Waals surface area contributed by atoms with Crippen molar-refractivity contribution in [1.82, 2.24) is 5.32 Å². The molecule has 186 valence electrons. The number of nitrogens with zero attached hydrogens (tertiary/aromatic N) is 1. The Balaban J connectivity index is 1.79. The summed E-state index contributed by atoms with van der Waals surface area (Å²) in [7, 11) is -0.349. The van der Waals surface area contributed by atoms with Crippen LogP contribution in [0.2, 0.25) is 0 Å². The van der Waals surface area contributed by atoms with Crippen LogP contribution in [0.25, 0.3) is 0 Å². The maximum absolute atomic E-state index is 12.9. The molecule has 0 aliphatic carbocycles. The SMILES string of the molecule is COc1ccc(OC)c([C@H](C)NC(=O)c2ccc(CN(c3c(C)cccc3C)S(C)(=O)=O)cc2)c1. The third-order valence-corrected chi connectivity index (χ3v) is 6.99. The van der Waals surface area contributed by atoms with E-state index in [2.05, 4.69) is 5.32 Å². The molecule has 1 N–H and O–H groups in total. The molecule has 1 amide bonds. The molecular weight excluding hydrogens is 464 g/mol. The van der Waals surface area contributed by atoms with Crippen molar-refractivity contribution in [3.63, 3.8) is 0 Å². The third-order valence-electron chi connectivity index (χ3n) is 5.88. The maximum Gasteiger partial charge on any atom is 0.251 e. The van der Waals surface area contributed by atoms with E-state index in [4.69, 9.17) is 9.47 Å². The summed E-state index contributed by atoms with van der Waals surface area (Å²) in [6.45, 7) is 5.83. The molecule has 0 saturated heterocycles. The summed E-state index contributed by atoms with van der Waals surface area (Å²) in [5.41, 5.74) is 4.49. The standard InChI is InChI=1S/C27H32N2O5S/c1-18-8-7-9-19(2)26(18)29(35(6,31)32)17-21-10-12-22(13-11-21)27(30)28-20(3)24-16-23(33-4)14-15-25(24)34-5/h7-16,20H,17H2,1-6H3,(H,28,30)/t20-/m0/s1. The number of hydrogen-bond acceptors (Lipinski definition) is 5. The highest BCUT2D eigenvalue weighted by atomic mass is 32.2. The van der Waals surface area contributed by atoms with Crippen LogP contribution in [0.1, 0.15) is 45.6 Å². The van der Waals surface area contributed by atoms with Crippen LogP contribution in [0, 0.1) is 13.8 Å². The highest BCUT2D eigenvalue weighted by molar-refractivity contribution is 7.92. The van der Waals surface area contributed by atoms with E-state index in [0.717, 1.165) is 22.3 Å². The molecule has 35 heavy (non-hydrogen) atoms. The van der Waals surface area contributed by atoms with Gasteiger partial charge in [0, 0.05) is 11.1 Å². The van der Waals surface area contributed by atoms with E-state index in [1.807, 2.05) is 45.0 Å². The van der Waals surface area contributed by atoms with E-state index in [1.54, 1.807) is 50.6 Å². The van der Waals surface area contributed by atoms with E-state index in [1.165, 1.54) is 10.6 Å². The summed E-state index contributed by atoms with van der Waals surface area (Å²) in [5.74, 6) is 1.08. The predicted octanol–water partition coefficient (Wildman–Crippen LogP) is 4.78. The molecule has 0 unspecified atom stereocenters. The molecule has 0 spiro atoms. The van der Waals surface area contributed by atoms with Crippen LogP contribution in [0.3, 0.4) is 0 Å². The van der Waals surface area contributed by atoms with Crippen LogP contribution in [-0.4, -0.2) is 34.8 Å². The number of sulfonamides is 1. The van der Waals surface area contributed by atoms with Crippen molar-refractivity contribution in [1.29, 1.82) is 0 Å². The third kappa shape index (κ3) is 6.14. The lowest BCUT2D eigenvalue weighted by Crippen LogP contribution is -2.30. The molecule has 8 heteroatoms. The molecule has 3 rings (SSSR count). The van der Waals surface area contributed by atoms with Gasteiger partial charge in [-0.1, -0.05) is 30.3 Å². The number of benzene rings is 3. The van der Waals surface area contributed by atoms with Gasteiger partial charge in [-0.2, -0.15) is 0 Å². The fourth-order valence-electron chi connectivity index (χ4n) is 4.02. The minimum Gasteiger partial charge on any atom is -0.497 e. The van der Waals surface area contributed by atoms with Gasteiger partial charge in [0.25, 0.3) is 5.91 Å². The smallest absolute Gasteiger partial charge is 0.251 e. The molecule has 0 aromatic heterocycles. The molecule has 0 saturated carbocycles. The Morgan fingerprint density at radius 2 is 1.60 bits per heavy atom. The lowest BCUT2D eigenvalue weighted by molar-refractivity contribution is 0.0939. The zero-order valence-corrected chi connectivity index (χ0v) is 21.8. The van der Waals surface area contributed by atoms with Crippen LogP contribution < -0.4 is 19.1 Å². The van der Waals surface area contributed by atoms with Crippen molar-refractivity contribution in [3.05, 3.63) is 88.5 Å². The van der Waals surface area contributed by atoms with Gasteiger partial charge >= 0.3 is 0 Å². The first-order chi connectivity index (χ1) is 16.5. The number of para-hydroxylation sites is 1. The van der Waals surface area contributed by atoms with Crippen molar-refractivity contribution in [2.45, 2.75) is 33.4 Å². The first kappa shape index (κ1) is 26.1. The fourth-order valence-corrected chi connectivity index (χ4v) is 5.03. The average molecular weight is 497 g/mol. The van der Waals surface area contributed by atoms with Gasteiger partial charge in [-0.15, -0.1) is 0 Å². The molecule has 7 nitrogen and oxygen atoms in total. The minimum absolute atomic E-state index is 0.170. The summed E-state index contributed by atoms with van der Waals surface area (Å²) in [5, 5.41) is 2.98.